The number of amides is 1. The van der Waals surface area contributed by atoms with Crippen LogP contribution < -0.4 is 10.6 Å². The van der Waals surface area contributed by atoms with Crippen molar-refractivity contribution >= 4 is 29.3 Å². The van der Waals surface area contributed by atoms with Crippen LogP contribution in [0.25, 0.3) is 11.0 Å². The number of carbonyl (C=O) groups excluding carboxylic acids is 1. The zero-order chi connectivity index (χ0) is 17.7. The minimum absolute atomic E-state index is 0. The van der Waals surface area contributed by atoms with E-state index in [2.05, 4.69) is 22.5 Å². The second kappa shape index (κ2) is 9.35. The molecule has 3 rings (SSSR count). The highest BCUT2D eigenvalue weighted by Gasteiger charge is 2.32. The topological polar surface area (TPSA) is 68.2 Å². The number of hydrogen-bond donors (Lipinski definition) is 2. The van der Waals surface area contributed by atoms with E-state index in [4.69, 9.17) is 4.74 Å². The first-order valence-electron chi connectivity index (χ1n) is 9.08. The molecule has 0 unspecified atom stereocenters. The van der Waals surface area contributed by atoms with Crippen molar-refractivity contribution in [2.45, 2.75) is 32.7 Å². The van der Waals surface area contributed by atoms with E-state index in [0.29, 0.717) is 19.7 Å². The van der Waals surface area contributed by atoms with Gasteiger partial charge < -0.3 is 19.9 Å². The Balaban J connectivity index is 0.00000243. The van der Waals surface area contributed by atoms with E-state index in [1.807, 2.05) is 28.8 Å². The molecule has 0 radical (unpaired) electrons. The number of benzene rings is 1. The Hall–Kier alpha value is -1.63. The van der Waals surface area contributed by atoms with Crippen molar-refractivity contribution in [2.24, 2.45) is 5.41 Å². The van der Waals surface area contributed by atoms with Gasteiger partial charge in [-0.05, 0) is 38.1 Å². The van der Waals surface area contributed by atoms with Gasteiger partial charge in [-0.25, -0.2) is 4.98 Å². The molecule has 26 heavy (non-hydrogen) atoms. The number of nitrogens with one attached hydrogen (secondary N) is 2. The number of methoxy groups -OCH3 is 1. The Morgan fingerprint density at radius 2 is 2.08 bits per heavy atom. The molecule has 1 aromatic carbocycles. The van der Waals surface area contributed by atoms with E-state index in [0.717, 1.165) is 49.2 Å². The molecular weight excluding hydrogens is 352 g/mol. The van der Waals surface area contributed by atoms with Crippen molar-refractivity contribution in [3.63, 3.8) is 0 Å². The van der Waals surface area contributed by atoms with Crippen LogP contribution in [-0.2, 0) is 22.5 Å². The van der Waals surface area contributed by atoms with E-state index in [1.165, 1.54) is 0 Å². The maximum absolute atomic E-state index is 12.6. The van der Waals surface area contributed by atoms with Gasteiger partial charge in [-0.1, -0.05) is 19.1 Å². The summed E-state index contributed by atoms with van der Waals surface area (Å²) in [6.45, 7) is 5.68. The number of fused-ring (bicyclic) bond motifs is 1. The number of para-hydroxylation sites is 2. The van der Waals surface area contributed by atoms with Crippen LogP contribution in [0.3, 0.4) is 0 Å². The fraction of sp³-hybridized carbons (Fsp3) is 0.579. The normalized spacial score (nSPS) is 16.2. The standard InChI is InChI=1S/C19H28N4O2.ClH/c1-3-17-22-15-6-4-5-7-16(15)23(17)12-18(24)21-13-19(14-25-2)8-10-20-11-9-19;/h4-7,20H,3,8-14H2,1-2H3,(H,21,24);1H. The lowest BCUT2D eigenvalue weighted by molar-refractivity contribution is -0.122. The monoisotopic (exact) mass is 380 g/mol. The summed E-state index contributed by atoms with van der Waals surface area (Å²) in [6.07, 6.45) is 2.85. The maximum Gasteiger partial charge on any atom is 0.240 e. The molecule has 0 aliphatic carbocycles. The number of ether oxygens (including phenoxy) is 1. The number of nitrogens with zero attached hydrogens (tertiary/aromatic N) is 2. The Morgan fingerprint density at radius 1 is 1.35 bits per heavy atom. The Labute approximate surface area is 161 Å². The average Bonchev–Trinajstić information content (AvgIpc) is 2.99. The minimum Gasteiger partial charge on any atom is -0.384 e. The number of imidazole rings is 1. The zero-order valence-electron chi connectivity index (χ0n) is 15.6. The maximum atomic E-state index is 12.6. The fourth-order valence-corrected chi connectivity index (χ4v) is 3.69. The van der Waals surface area contributed by atoms with E-state index >= 15 is 0 Å². The number of piperidine rings is 1. The predicted octanol–water partition coefficient (Wildman–Crippen LogP) is 2.15. The summed E-state index contributed by atoms with van der Waals surface area (Å²) in [5.74, 6) is 0.983. The van der Waals surface area contributed by atoms with E-state index in [9.17, 15) is 4.79 Å². The van der Waals surface area contributed by atoms with Gasteiger partial charge in [0, 0.05) is 25.5 Å². The molecule has 0 atom stereocenters. The molecule has 2 heterocycles. The van der Waals surface area contributed by atoms with E-state index in [-0.39, 0.29) is 23.7 Å². The molecule has 0 spiro atoms. The highest BCUT2D eigenvalue weighted by atomic mass is 35.5. The van der Waals surface area contributed by atoms with Crippen LogP contribution in [0.5, 0.6) is 0 Å². The fourth-order valence-electron chi connectivity index (χ4n) is 3.69. The largest absolute Gasteiger partial charge is 0.384 e. The highest BCUT2D eigenvalue weighted by Crippen LogP contribution is 2.28. The van der Waals surface area contributed by atoms with Gasteiger partial charge in [0.15, 0.2) is 0 Å². The summed E-state index contributed by atoms with van der Waals surface area (Å²) >= 11 is 0. The van der Waals surface area contributed by atoms with Crippen molar-refractivity contribution in [1.29, 1.82) is 0 Å². The van der Waals surface area contributed by atoms with Gasteiger partial charge in [0.05, 0.1) is 17.6 Å². The van der Waals surface area contributed by atoms with Crippen LogP contribution in [0.4, 0.5) is 0 Å². The lowest BCUT2D eigenvalue weighted by Crippen LogP contribution is -2.47. The molecule has 6 nitrogen and oxygen atoms in total. The summed E-state index contributed by atoms with van der Waals surface area (Å²) in [6, 6.07) is 7.98. The lowest BCUT2D eigenvalue weighted by Gasteiger charge is -2.37. The molecule has 2 aromatic rings. The van der Waals surface area contributed by atoms with Gasteiger partial charge in [0.25, 0.3) is 0 Å². The van der Waals surface area contributed by atoms with Gasteiger partial charge in [-0.15, -0.1) is 12.4 Å². The quantitative estimate of drug-likeness (QED) is 0.772. The second-order valence-electron chi connectivity index (χ2n) is 6.92. The number of carbonyl (C=O) groups is 1. The van der Waals surface area contributed by atoms with Crippen LogP contribution >= 0.6 is 12.4 Å². The molecule has 1 saturated heterocycles. The van der Waals surface area contributed by atoms with Crippen LogP contribution in [0.15, 0.2) is 24.3 Å². The molecule has 0 bridgehead atoms. The predicted molar refractivity (Wildman–Crippen MR) is 106 cm³/mol. The third-order valence-electron chi connectivity index (χ3n) is 5.13. The molecule has 0 saturated carbocycles. The van der Waals surface area contributed by atoms with Crippen LogP contribution in [0.1, 0.15) is 25.6 Å². The van der Waals surface area contributed by atoms with Crippen molar-refractivity contribution < 1.29 is 9.53 Å². The summed E-state index contributed by atoms with van der Waals surface area (Å²) in [5, 5.41) is 6.51. The molecule has 1 aliphatic heterocycles. The zero-order valence-corrected chi connectivity index (χ0v) is 16.4. The number of aryl methyl sites for hydroxylation is 1. The van der Waals surface area contributed by atoms with Gasteiger partial charge >= 0.3 is 0 Å². The first kappa shape index (κ1) is 20.7. The first-order chi connectivity index (χ1) is 12.2. The third-order valence-corrected chi connectivity index (χ3v) is 5.13. The summed E-state index contributed by atoms with van der Waals surface area (Å²) < 4.78 is 7.45. The molecule has 7 heteroatoms. The molecular formula is C19H29ClN4O2. The molecule has 1 amide bonds. The molecule has 144 valence electrons. The van der Waals surface area contributed by atoms with Gasteiger partial charge in [-0.3, -0.25) is 4.79 Å². The number of aromatic nitrogens is 2. The van der Waals surface area contributed by atoms with Gasteiger partial charge in [0.1, 0.15) is 12.4 Å². The van der Waals surface area contributed by atoms with Crippen LogP contribution in [-0.4, -0.2) is 48.8 Å². The number of halogens is 1. The van der Waals surface area contributed by atoms with E-state index < -0.39 is 0 Å². The average molecular weight is 381 g/mol. The SMILES string of the molecule is CCc1nc2ccccc2n1CC(=O)NCC1(COC)CCNCC1.Cl. The minimum atomic E-state index is 0. The van der Waals surface area contributed by atoms with Crippen LogP contribution in [0, 0.1) is 5.41 Å². The smallest absolute Gasteiger partial charge is 0.240 e. The highest BCUT2D eigenvalue weighted by molar-refractivity contribution is 5.85. The van der Waals surface area contributed by atoms with Crippen molar-refractivity contribution in [3.05, 3.63) is 30.1 Å². The Kier molecular flexibility index (Phi) is 7.43. The molecule has 2 N–H and O–H groups in total. The molecule has 1 fully saturated rings. The second-order valence-corrected chi connectivity index (χ2v) is 6.92. The first-order valence-corrected chi connectivity index (χ1v) is 9.08. The number of rotatable bonds is 7. The summed E-state index contributed by atoms with van der Waals surface area (Å²) in [7, 11) is 1.73. The summed E-state index contributed by atoms with van der Waals surface area (Å²) in [4.78, 5) is 17.2. The van der Waals surface area contributed by atoms with Crippen LogP contribution in [0.2, 0.25) is 0 Å². The lowest BCUT2D eigenvalue weighted by atomic mass is 9.79. The van der Waals surface area contributed by atoms with Crippen molar-refractivity contribution in [3.8, 4) is 0 Å². The van der Waals surface area contributed by atoms with Crippen molar-refractivity contribution in [1.82, 2.24) is 20.2 Å². The van der Waals surface area contributed by atoms with E-state index in [1.54, 1.807) is 7.11 Å². The molecule has 1 aliphatic rings. The van der Waals surface area contributed by atoms with Gasteiger partial charge in [-0.2, -0.15) is 0 Å². The third kappa shape index (κ3) is 4.55. The Morgan fingerprint density at radius 3 is 2.77 bits per heavy atom. The van der Waals surface area contributed by atoms with Gasteiger partial charge in [0.2, 0.25) is 5.91 Å². The molecule has 1 aromatic heterocycles. The van der Waals surface area contributed by atoms with Crippen molar-refractivity contribution in [2.75, 3.05) is 33.4 Å². The summed E-state index contributed by atoms with van der Waals surface area (Å²) in [5.41, 5.74) is 2.00. The number of hydrogen-bond acceptors (Lipinski definition) is 4. The Bertz CT molecular complexity index is 720.